The van der Waals surface area contributed by atoms with Gasteiger partial charge in [-0.25, -0.2) is 0 Å². The molecule has 0 amide bonds. The Hall–Kier alpha value is -0.470. The van der Waals surface area contributed by atoms with Crippen LogP contribution in [0.1, 0.15) is 31.4 Å². The topological polar surface area (TPSA) is 20.2 Å². The molecule has 0 spiro atoms. The summed E-state index contributed by atoms with van der Waals surface area (Å²) in [6, 6.07) is 8.58. The summed E-state index contributed by atoms with van der Waals surface area (Å²) in [6.45, 7) is 4.31. The Bertz CT molecular complexity index is 281. The van der Waals surface area contributed by atoms with Crippen molar-refractivity contribution in [2.75, 3.05) is 11.5 Å². The van der Waals surface area contributed by atoms with Crippen LogP contribution in [0.3, 0.4) is 0 Å². The van der Waals surface area contributed by atoms with Crippen LogP contribution >= 0.6 is 11.8 Å². The van der Waals surface area contributed by atoms with Crippen molar-refractivity contribution in [3.05, 3.63) is 35.4 Å². The lowest BCUT2D eigenvalue weighted by molar-refractivity contribution is 0.172. The minimum absolute atomic E-state index is 0.188. The highest BCUT2D eigenvalue weighted by atomic mass is 32.2. The Morgan fingerprint density at radius 3 is 2.31 bits per heavy atom. The Morgan fingerprint density at radius 2 is 1.75 bits per heavy atom. The zero-order valence-electron chi connectivity index (χ0n) is 10.3. The van der Waals surface area contributed by atoms with Crippen LogP contribution < -0.4 is 0 Å². The monoisotopic (exact) mass is 238 g/mol. The van der Waals surface area contributed by atoms with Crippen molar-refractivity contribution in [2.24, 2.45) is 0 Å². The molecule has 0 saturated heterocycles. The molecule has 0 aliphatic heterocycles. The minimum atomic E-state index is -0.188. The molecular formula is C14H22OS. The average molecular weight is 238 g/mol. The summed E-state index contributed by atoms with van der Waals surface area (Å²) >= 11 is 1.89. The summed E-state index contributed by atoms with van der Waals surface area (Å²) in [5.41, 5.74) is 2.60. The van der Waals surface area contributed by atoms with E-state index in [1.54, 1.807) is 0 Å². The van der Waals surface area contributed by atoms with Crippen LogP contribution in [0.15, 0.2) is 24.3 Å². The highest BCUT2D eigenvalue weighted by Gasteiger charge is 2.05. The van der Waals surface area contributed by atoms with Gasteiger partial charge in [-0.1, -0.05) is 38.1 Å². The van der Waals surface area contributed by atoms with E-state index in [4.69, 9.17) is 0 Å². The molecule has 0 aliphatic rings. The molecule has 0 saturated carbocycles. The van der Waals surface area contributed by atoms with Crippen molar-refractivity contribution in [1.29, 1.82) is 0 Å². The van der Waals surface area contributed by atoms with Crippen LogP contribution in [0, 0.1) is 0 Å². The van der Waals surface area contributed by atoms with E-state index in [1.807, 2.05) is 11.8 Å². The number of aryl methyl sites for hydroxylation is 1. The molecule has 0 fully saturated rings. The second kappa shape index (κ2) is 7.75. The molecule has 0 aromatic heterocycles. The maximum absolute atomic E-state index is 9.84. The number of rotatable bonds is 7. The summed E-state index contributed by atoms with van der Waals surface area (Å²) in [5.74, 6) is 2.20. The smallest absolute Gasteiger partial charge is 0.0588 e. The van der Waals surface area contributed by atoms with Crippen molar-refractivity contribution in [1.82, 2.24) is 0 Å². The first-order valence-corrected chi connectivity index (χ1v) is 7.25. The lowest BCUT2D eigenvalue weighted by atomic mass is 10.0. The normalized spacial score (nSPS) is 12.7. The van der Waals surface area contributed by atoms with E-state index in [0.717, 1.165) is 30.8 Å². The molecule has 0 bridgehead atoms. The predicted octanol–water partition coefficient (Wildman–Crippen LogP) is 3.30. The summed E-state index contributed by atoms with van der Waals surface area (Å²) in [6.07, 6.45) is 2.57. The van der Waals surface area contributed by atoms with E-state index in [0.29, 0.717) is 0 Å². The fraction of sp³-hybridized carbons (Fsp3) is 0.571. The molecule has 1 unspecified atom stereocenters. The molecular weight excluding hydrogens is 216 g/mol. The third-order valence-electron chi connectivity index (χ3n) is 2.70. The third kappa shape index (κ3) is 5.04. The van der Waals surface area contributed by atoms with E-state index in [1.165, 1.54) is 11.1 Å². The van der Waals surface area contributed by atoms with Gasteiger partial charge in [0.2, 0.25) is 0 Å². The van der Waals surface area contributed by atoms with Crippen molar-refractivity contribution in [2.45, 2.75) is 39.2 Å². The second-order valence-corrected chi connectivity index (χ2v) is 5.41. The maximum Gasteiger partial charge on any atom is 0.0588 e. The van der Waals surface area contributed by atoms with Crippen LogP contribution in [0.25, 0.3) is 0 Å². The minimum Gasteiger partial charge on any atom is -0.393 e. The first-order valence-electron chi connectivity index (χ1n) is 6.09. The Labute approximate surface area is 103 Å². The van der Waals surface area contributed by atoms with Gasteiger partial charge in [0.15, 0.2) is 0 Å². The molecule has 0 heterocycles. The van der Waals surface area contributed by atoms with Crippen LogP contribution in [-0.2, 0) is 12.8 Å². The van der Waals surface area contributed by atoms with Gasteiger partial charge in [-0.3, -0.25) is 0 Å². The molecule has 1 rings (SSSR count). The van der Waals surface area contributed by atoms with Gasteiger partial charge >= 0.3 is 0 Å². The Kier molecular flexibility index (Phi) is 6.58. The molecule has 1 aromatic rings. The molecule has 16 heavy (non-hydrogen) atoms. The molecule has 1 nitrogen and oxygen atoms in total. The van der Waals surface area contributed by atoms with Gasteiger partial charge in [0.25, 0.3) is 0 Å². The van der Waals surface area contributed by atoms with Gasteiger partial charge in [0.1, 0.15) is 0 Å². The molecule has 0 radical (unpaired) electrons. The number of hydrogen-bond donors (Lipinski definition) is 1. The molecule has 1 aromatic carbocycles. The number of aliphatic hydroxyl groups is 1. The number of hydrogen-bond acceptors (Lipinski definition) is 2. The van der Waals surface area contributed by atoms with Gasteiger partial charge in [-0.15, -0.1) is 0 Å². The Morgan fingerprint density at radius 1 is 1.12 bits per heavy atom. The highest BCUT2D eigenvalue weighted by molar-refractivity contribution is 7.99. The van der Waals surface area contributed by atoms with Crippen molar-refractivity contribution < 1.29 is 5.11 Å². The van der Waals surface area contributed by atoms with Crippen molar-refractivity contribution in [3.63, 3.8) is 0 Å². The van der Waals surface area contributed by atoms with E-state index < -0.39 is 0 Å². The number of thioether (sulfide) groups is 1. The molecule has 90 valence electrons. The summed E-state index contributed by atoms with van der Waals surface area (Å²) in [5, 5.41) is 9.84. The van der Waals surface area contributed by atoms with Gasteiger partial charge in [-0.2, -0.15) is 11.8 Å². The first-order chi connectivity index (χ1) is 7.76. The van der Waals surface area contributed by atoms with Crippen LogP contribution in [0.5, 0.6) is 0 Å². The first kappa shape index (κ1) is 13.6. The van der Waals surface area contributed by atoms with Crippen LogP contribution in [-0.4, -0.2) is 22.7 Å². The zero-order chi connectivity index (χ0) is 11.8. The largest absolute Gasteiger partial charge is 0.393 e. The third-order valence-corrected chi connectivity index (χ3v) is 3.63. The van der Waals surface area contributed by atoms with E-state index in [2.05, 4.69) is 38.1 Å². The van der Waals surface area contributed by atoms with Gasteiger partial charge in [0.05, 0.1) is 6.10 Å². The summed E-state index contributed by atoms with van der Waals surface area (Å²) in [7, 11) is 0. The molecule has 2 heteroatoms. The highest BCUT2D eigenvalue weighted by Crippen LogP contribution is 2.11. The zero-order valence-corrected chi connectivity index (χ0v) is 11.1. The van der Waals surface area contributed by atoms with Crippen LogP contribution in [0.4, 0.5) is 0 Å². The quantitative estimate of drug-likeness (QED) is 0.736. The maximum atomic E-state index is 9.84. The lowest BCUT2D eigenvalue weighted by Crippen LogP contribution is -2.11. The summed E-state index contributed by atoms with van der Waals surface area (Å²) in [4.78, 5) is 0. The fourth-order valence-electron chi connectivity index (χ4n) is 1.65. The SMILES string of the molecule is CCSCCC(O)Cc1ccc(CC)cc1. The van der Waals surface area contributed by atoms with Crippen molar-refractivity contribution >= 4 is 11.8 Å². The van der Waals surface area contributed by atoms with Gasteiger partial charge in [-0.05, 0) is 41.9 Å². The summed E-state index contributed by atoms with van der Waals surface area (Å²) < 4.78 is 0. The average Bonchev–Trinajstić information content (AvgIpc) is 2.30. The van der Waals surface area contributed by atoms with Gasteiger partial charge < -0.3 is 5.11 Å². The second-order valence-electron chi connectivity index (χ2n) is 4.01. The standard InChI is InChI=1S/C14H22OS/c1-3-12-5-7-13(8-6-12)11-14(15)9-10-16-4-2/h5-8,14-15H,3-4,9-11H2,1-2H3. The fourth-order valence-corrected chi connectivity index (χ4v) is 2.38. The van der Waals surface area contributed by atoms with Gasteiger partial charge in [0, 0.05) is 0 Å². The number of benzene rings is 1. The van der Waals surface area contributed by atoms with E-state index in [-0.39, 0.29) is 6.10 Å². The van der Waals surface area contributed by atoms with E-state index >= 15 is 0 Å². The number of aliphatic hydroxyl groups excluding tert-OH is 1. The lowest BCUT2D eigenvalue weighted by Gasteiger charge is -2.10. The van der Waals surface area contributed by atoms with Crippen molar-refractivity contribution in [3.8, 4) is 0 Å². The molecule has 1 atom stereocenters. The van der Waals surface area contributed by atoms with Crippen LogP contribution in [0.2, 0.25) is 0 Å². The predicted molar refractivity (Wildman–Crippen MR) is 73.1 cm³/mol. The Balaban J connectivity index is 2.34. The molecule has 1 N–H and O–H groups in total. The molecule has 0 aliphatic carbocycles. The van der Waals surface area contributed by atoms with E-state index in [9.17, 15) is 5.11 Å².